The molecule has 2 heterocycles. The van der Waals surface area contributed by atoms with Crippen molar-refractivity contribution in [1.82, 2.24) is 9.78 Å². The van der Waals surface area contributed by atoms with Crippen LogP contribution in [-0.2, 0) is 4.79 Å². The second-order valence-corrected chi connectivity index (χ2v) is 6.70. The third kappa shape index (κ3) is 3.57. The van der Waals surface area contributed by atoms with Crippen LogP contribution in [0, 0.1) is 5.82 Å². The summed E-state index contributed by atoms with van der Waals surface area (Å²) in [5, 5.41) is 19.5. The van der Waals surface area contributed by atoms with Crippen LogP contribution in [-0.4, -0.2) is 26.8 Å². The Balaban J connectivity index is 1.73. The zero-order valence-electron chi connectivity index (χ0n) is 14.8. The van der Waals surface area contributed by atoms with E-state index >= 15 is 0 Å². The van der Waals surface area contributed by atoms with Crippen LogP contribution in [0.15, 0.2) is 66.5 Å². The van der Waals surface area contributed by atoms with Crippen molar-refractivity contribution in [3.05, 3.63) is 88.5 Å². The van der Waals surface area contributed by atoms with Gasteiger partial charge in [-0.15, -0.1) is 0 Å². The van der Waals surface area contributed by atoms with Crippen molar-refractivity contribution < 1.29 is 19.1 Å². The molecule has 9 heteroatoms. The Morgan fingerprint density at radius 2 is 1.90 bits per heavy atom. The number of benzene rings is 2. The molecule has 3 aromatic rings. The molecule has 0 fully saturated rings. The van der Waals surface area contributed by atoms with Gasteiger partial charge in [0.2, 0.25) is 0 Å². The van der Waals surface area contributed by atoms with Gasteiger partial charge in [0.1, 0.15) is 22.9 Å². The van der Waals surface area contributed by atoms with E-state index in [4.69, 9.17) is 11.6 Å². The highest BCUT2D eigenvalue weighted by atomic mass is 35.5. The number of fused-ring (bicyclic) bond motifs is 1. The van der Waals surface area contributed by atoms with Gasteiger partial charge < -0.3 is 15.7 Å². The molecule has 2 aromatic carbocycles. The van der Waals surface area contributed by atoms with E-state index in [-0.39, 0.29) is 17.1 Å². The number of halogens is 2. The number of nitrogens with zero attached hydrogens (tertiary/aromatic N) is 2. The minimum Gasteiger partial charge on any atom is -0.477 e. The van der Waals surface area contributed by atoms with Crippen molar-refractivity contribution in [2.75, 3.05) is 10.6 Å². The summed E-state index contributed by atoms with van der Waals surface area (Å²) in [4.78, 5) is 24.4. The summed E-state index contributed by atoms with van der Waals surface area (Å²) in [6, 6.07) is 11.7. The number of para-hydroxylation sites is 1. The smallest absolute Gasteiger partial charge is 0.352 e. The predicted octanol–water partition coefficient (Wildman–Crippen LogP) is 3.91. The number of hydrogen-bond acceptors (Lipinski definition) is 4. The highest BCUT2D eigenvalue weighted by Crippen LogP contribution is 2.33. The Labute approximate surface area is 169 Å². The molecular formula is C20H14ClFN4O3. The number of allylic oxidation sites excluding steroid dienone is 1. The van der Waals surface area contributed by atoms with E-state index < -0.39 is 23.7 Å². The second-order valence-electron chi connectivity index (χ2n) is 6.29. The maximum atomic E-state index is 13.3. The van der Waals surface area contributed by atoms with Crippen molar-refractivity contribution in [2.45, 2.75) is 6.04 Å². The fraction of sp³-hybridized carbons (Fsp3) is 0.0500. The maximum Gasteiger partial charge on any atom is 0.352 e. The van der Waals surface area contributed by atoms with Crippen molar-refractivity contribution >= 4 is 35.0 Å². The lowest BCUT2D eigenvalue weighted by atomic mass is 10.0. The van der Waals surface area contributed by atoms with Crippen molar-refractivity contribution in [2.24, 2.45) is 0 Å². The standard InChI is InChI=1S/C20H14ClFN4O3/c21-14-3-1-2-4-15(14)25-19(27)13-10-23-26-17(11-5-7-12(22)8-6-11)9-16(20(28)29)24-18(13)26/h1-10,17,24H,(H,25,27)(H,28,29)/t17-/m0/s1. The highest BCUT2D eigenvalue weighted by Gasteiger charge is 2.29. The fourth-order valence-corrected chi connectivity index (χ4v) is 3.22. The van der Waals surface area contributed by atoms with Gasteiger partial charge in [0.25, 0.3) is 5.91 Å². The summed E-state index contributed by atoms with van der Waals surface area (Å²) in [7, 11) is 0. The molecule has 1 amide bonds. The molecule has 0 unspecified atom stereocenters. The minimum absolute atomic E-state index is 0.112. The first kappa shape index (κ1) is 18.7. The molecule has 0 aliphatic carbocycles. The molecule has 0 saturated heterocycles. The van der Waals surface area contributed by atoms with Crippen LogP contribution in [0.4, 0.5) is 15.9 Å². The SMILES string of the molecule is O=C(O)C1=C[C@@H](c2ccc(F)cc2)n2ncc(C(=O)Nc3ccccc3Cl)c2N1. The Hall–Kier alpha value is -3.65. The summed E-state index contributed by atoms with van der Waals surface area (Å²) < 4.78 is 14.8. The fourth-order valence-electron chi connectivity index (χ4n) is 3.04. The van der Waals surface area contributed by atoms with Gasteiger partial charge in [-0.3, -0.25) is 4.79 Å². The Kier molecular flexibility index (Phi) is 4.77. The number of rotatable bonds is 4. The van der Waals surface area contributed by atoms with Gasteiger partial charge in [0.05, 0.1) is 22.9 Å². The normalized spacial score (nSPS) is 15.1. The first-order valence-electron chi connectivity index (χ1n) is 8.55. The van der Waals surface area contributed by atoms with Crippen LogP contribution in [0.5, 0.6) is 0 Å². The quantitative estimate of drug-likeness (QED) is 0.603. The number of carboxylic acid groups (broad SMARTS) is 1. The number of aromatic nitrogens is 2. The first-order chi connectivity index (χ1) is 13.9. The first-order valence-corrected chi connectivity index (χ1v) is 8.93. The molecule has 0 spiro atoms. The summed E-state index contributed by atoms with van der Waals surface area (Å²) in [5.74, 6) is -1.90. The molecule has 4 rings (SSSR count). The van der Waals surface area contributed by atoms with Crippen LogP contribution in [0.2, 0.25) is 5.02 Å². The lowest BCUT2D eigenvalue weighted by molar-refractivity contribution is -0.132. The van der Waals surface area contributed by atoms with E-state index in [2.05, 4.69) is 15.7 Å². The van der Waals surface area contributed by atoms with E-state index in [1.54, 1.807) is 24.3 Å². The number of anilines is 2. The summed E-state index contributed by atoms with van der Waals surface area (Å²) in [6.45, 7) is 0. The monoisotopic (exact) mass is 412 g/mol. The number of hydrogen-bond donors (Lipinski definition) is 3. The van der Waals surface area contributed by atoms with Gasteiger partial charge in [-0.2, -0.15) is 5.10 Å². The number of amides is 1. The van der Waals surface area contributed by atoms with Gasteiger partial charge in [0.15, 0.2) is 0 Å². The van der Waals surface area contributed by atoms with Crippen LogP contribution in [0.1, 0.15) is 22.0 Å². The molecule has 146 valence electrons. The maximum absolute atomic E-state index is 13.3. The van der Waals surface area contributed by atoms with Gasteiger partial charge in [-0.25, -0.2) is 13.9 Å². The molecule has 29 heavy (non-hydrogen) atoms. The Bertz CT molecular complexity index is 1140. The number of carboxylic acids is 1. The minimum atomic E-state index is -1.19. The molecule has 1 aromatic heterocycles. The van der Waals surface area contributed by atoms with Gasteiger partial charge in [0, 0.05) is 0 Å². The van der Waals surface area contributed by atoms with Gasteiger partial charge in [-0.1, -0.05) is 35.9 Å². The van der Waals surface area contributed by atoms with E-state index in [1.807, 2.05) is 0 Å². The molecule has 0 bridgehead atoms. The zero-order valence-corrected chi connectivity index (χ0v) is 15.5. The number of carbonyl (C=O) groups is 2. The molecular weight excluding hydrogens is 399 g/mol. The van der Waals surface area contributed by atoms with E-state index in [9.17, 15) is 19.1 Å². The lowest BCUT2D eigenvalue weighted by Crippen LogP contribution is -2.25. The van der Waals surface area contributed by atoms with E-state index in [0.29, 0.717) is 16.3 Å². The summed E-state index contributed by atoms with van der Waals surface area (Å²) in [6.07, 6.45) is 2.79. The van der Waals surface area contributed by atoms with Crippen molar-refractivity contribution in [1.29, 1.82) is 0 Å². The average Bonchev–Trinajstić information content (AvgIpc) is 3.14. The largest absolute Gasteiger partial charge is 0.477 e. The second kappa shape index (κ2) is 7.40. The number of aliphatic carboxylic acids is 1. The van der Waals surface area contributed by atoms with Crippen LogP contribution < -0.4 is 10.6 Å². The number of carbonyl (C=O) groups excluding carboxylic acids is 1. The van der Waals surface area contributed by atoms with Crippen molar-refractivity contribution in [3.8, 4) is 0 Å². The lowest BCUT2D eigenvalue weighted by Gasteiger charge is -2.24. The third-order valence-electron chi connectivity index (χ3n) is 4.45. The molecule has 3 N–H and O–H groups in total. The summed E-state index contributed by atoms with van der Waals surface area (Å²) in [5.41, 5.74) is 1.07. The zero-order chi connectivity index (χ0) is 20.5. The molecule has 1 atom stereocenters. The third-order valence-corrected chi connectivity index (χ3v) is 4.77. The molecule has 0 radical (unpaired) electrons. The van der Waals surface area contributed by atoms with E-state index in [1.165, 1.54) is 41.2 Å². The predicted molar refractivity (Wildman–Crippen MR) is 106 cm³/mol. The molecule has 0 saturated carbocycles. The summed E-state index contributed by atoms with van der Waals surface area (Å²) >= 11 is 6.09. The molecule has 1 aliphatic heterocycles. The highest BCUT2D eigenvalue weighted by molar-refractivity contribution is 6.34. The van der Waals surface area contributed by atoms with Crippen molar-refractivity contribution in [3.63, 3.8) is 0 Å². The van der Waals surface area contributed by atoms with Gasteiger partial charge >= 0.3 is 5.97 Å². The van der Waals surface area contributed by atoms with E-state index in [0.717, 1.165) is 0 Å². The topological polar surface area (TPSA) is 96.2 Å². The molecule has 7 nitrogen and oxygen atoms in total. The molecule has 1 aliphatic rings. The average molecular weight is 413 g/mol. The Morgan fingerprint density at radius 1 is 1.17 bits per heavy atom. The number of nitrogens with one attached hydrogen (secondary N) is 2. The van der Waals surface area contributed by atoms with Crippen LogP contribution >= 0.6 is 11.6 Å². The van der Waals surface area contributed by atoms with Crippen LogP contribution in [0.3, 0.4) is 0 Å². The van der Waals surface area contributed by atoms with Crippen LogP contribution in [0.25, 0.3) is 0 Å². The van der Waals surface area contributed by atoms with Gasteiger partial charge in [-0.05, 0) is 35.9 Å². The Morgan fingerprint density at radius 3 is 2.59 bits per heavy atom.